The fraction of sp³-hybridized carbons (Fsp3) is 0.864. The second kappa shape index (κ2) is 12.3. The number of hydrogen-bond donors (Lipinski definition) is 10. The summed E-state index contributed by atoms with van der Waals surface area (Å²) in [4.78, 5) is 4.30. The van der Waals surface area contributed by atoms with Crippen molar-refractivity contribution in [2.75, 3.05) is 33.4 Å². The second-order valence-corrected chi connectivity index (χ2v) is 10.0. The van der Waals surface area contributed by atoms with Crippen molar-refractivity contribution in [2.45, 2.75) is 80.2 Å². The molecule has 0 amide bonds. The number of nitrogens with one attached hydrogen (secondary N) is 2. The van der Waals surface area contributed by atoms with Crippen LogP contribution in [0.3, 0.4) is 0 Å². The molecule has 3 rings (SSSR count). The molecule has 0 spiro atoms. The number of guanidine groups is 1. The van der Waals surface area contributed by atoms with Gasteiger partial charge in [-0.15, -0.1) is 0 Å². The van der Waals surface area contributed by atoms with E-state index in [0.717, 1.165) is 0 Å². The molecule has 1 unspecified atom stereocenters. The van der Waals surface area contributed by atoms with E-state index in [1.165, 1.54) is 0 Å². The van der Waals surface area contributed by atoms with Crippen molar-refractivity contribution in [2.24, 2.45) is 33.8 Å². The third kappa shape index (κ3) is 6.45. The molecule has 2 aliphatic heterocycles. The third-order valence-electron chi connectivity index (χ3n) is 7.16. The van der Waals surface area contributed by atoms with Gasteiger partial charge >= 0.3 is 0 Å². The van der Waals surface area contributed by atoms with E-state index in [0.29, 0.717) is 31.7 Å². The van der Waals surface area contributed by atoms with E-state index in [1.54, 1.807) is 14.0 Å². The normalized spacial score (nSPS) is 43.4. The number of ether oxygens (including phenoxy) is 3. The Labute approximate surface area is 211 Å². The maximum absolute atomic E-state index is 11.5. The minimum atomic E-state index is -1.32. The smallest absolute Gasteiger partial charge is 0.186 e. The first-order chi connectivity index (χ1) is 17.0. The lowest BCUT2D eigenvalue weighted by molar-refractivity contribution is -0.296. The topological polar surface area (TPSA) is 249 Å². The molecule has 11 atom stereocenters. The van der Waals surface area contributed by atoms with Gasteiger partial charge in [0.15, 0.2) is 12.2 Å². The zero-order valence-corrected chi connectivity index (χ0v) is 20.9. The lowest BCUT2D eigenvalue weighted by Crippen LogP contribution is -2.68. The monoisotopic (exact) mass is 517 g/mol. The first-order valence-corrected chi connectivity index (χ1v) is 12.3. The van der Waals surface area contributed by atoms with Crippen LogP contribution in [0.15, 0.2) is 16.8 Å². The van der Waals surface area contributed by atoms with Crippen molar-refractivity contribution in [3.63, 3.8) is 0 Å². The molecule has 0 aromatic heterocycles. The molecule has 14 N–H and O–H groups in total. The highest BCUT2D eigenvalue weighted by atomic mass is 16.7. The highest BCUT2D eigenvalue weighted by Gasteiger charge is 2.52. The number of hydrogen-bond acceptors (Lipinski definition) is 12. The molecule has 2 heterocycles. The van der Waals surface area contributed by atoms with Crippen molar-refractivity contribution in [1.29, 1.82) is 0 Å². The molecule has 14 heteroatoms. The van der Waals surface area contributed by atoms with Gasteiger partial charge in [0.05, 0.1) is 37.9 Å². The average molecular weight is 518 g/mol. The van der Waals surface area contributed by atoms with Crippen LogP contribution >= 0.6 is 0 Å². The van der Waals surface area contributed by atoms with Crippen LogP contribution in [-0.4, -0.2) is 120 Å². The average Bonchev–Trinajstić information content (AvgIpc) is 2.79. The lowest BCUT2D eigenvalue weighted by Gasteiger charge is -2.49. The Morgan fingerprint density at radius 3 is 2.61 bits per heavy atom. The quantitative estimate of drug-likeness (QED) is 0.0786. The number of nitrogens with two attached hydrogens (primary N) is 4. The Balaban J connectivity index is 1.80. The van der Waals surface area contributed by atoms with Gasteiger partial charge in [0.25, 0.3) is 0 Å². The van der Waals surface area contributed by atoms with Gasteiger partial charge in [0.2, 0.25) is 0 Å². The summed E-state index contributed by atoms with van der Waals surface area (Å²) in [6, 6.07) is -2.43. The molecule has 208 valence electrons. The van der Waals surface area contributed by atoms with E-state index < -0.39 is 66.4 Å². The minimum absolute atomic E-state index is 0.0185. The predicted octanol–water partition coefficient (Wildman–Crippen LogP) is -4.64. The molecule has 2 fully saturated rings. The van der Waals surface area contributed by atoms with Gasteiger partial charge in [-0.3, -0.25) is 0 Å². The van der Waals surface area contributed by atoms with Gasteiger partial charge in [-0.25, -0.2) is 4.99 Å². The van der Waals surface area contributed by atoms with Gasteiger partial charge in [0, 0.05) is 24.5 Å². The Bertz CT molecular complexity index is 782. The maximum atomic E-state index is 11.5. The summed E-state index contributed by atoms with van der Waals surface area (Å²) < 4.78 is 17.9. The Kier molecular flexibility index (Phi) is 9.90. The van der Waals surface area contributed by atoms with E-state index in [2.05, 4.69) is 15.6 Å². The molecule has 1 saturated carbocycles. The van der Waals surface area contributed by atoms with Gasteiger partial charge in [-0.2, -0.15) is 0 Å². The number of aliphatic hydroxyl groups is 4. The van der Waals surface area contributed by atoms with Crippen LogP contribution in [0.1, 0.15) is 19.8 Å². The van der Waals surface area contributed by atoms with Crippen molar-refractivity contribution in [3.05, 3.63) is 11.8 Å². The minimum Gasteiger partial charge on any atom is -0.491 e. The summed E-state index contributed by atoms with van der Waals surface area (Å²) in [5.74, 6) is -0.156. The molecule has 1 saturated heterocycles. The summed E-state index contributed by atoms with van der Waals surface area (Å²) >= 11 is 0. The zero-order chi connectivity index (χ0) is 26.6. The van der Waals surface area contributed by atoms with Crippen LogP contribution < -0.4 is 33.6 Å². The number of likely N-dealkylation sites (N-methyl/N-ethyl adjacent to an activating group) is 1. The van der Waals surface area contributed by atoms with E-state index in [9.17, 15) is 15.3 Å². The highest BCUT2D eigenvalue weighted by molar-refractivity contribution is 5.76. The summed E-state index contributed by atoms with van der Waals surface area (Å²) in [5.41, 5.74) is 22.8. The molecule has 3 aliphatic rings. The molecule has 0 bridgehead atoms. The number of rotatable bonds is 9. The fourth-order valence-corrected chi connectivity index (χ4v) is 5.42. The van der Waals surface area contributed by atoms with E-state index in [-0.39, 0.29) is 19.2 Å². The first-order valence-electron chi connectivity index (χ1n) is 12.3. The highest BCUT2D eigenvalue weighted by Crippen LogP contribution is 2.37. The summed E-state index contributed by atoms with van der Waals surface area (Å²) in [5, 5.41) is 47.8. The largest absolute Gasteiger partial charge is 0.491 e. The number of aliphatic hydroxyl groups excluding tert-OH is 3. The number of nitrogens with zero attached hydrogens (tertiary/aromatic N) is 1. The number of aliphatic imine (C=N–C) groups is 1. The van der Waals surface area contributed by atoms with Crippen molar-refractivity contribution >= 4 is 5.96 Å². The van der Waals surface area contributed by atoms with Gasteiger partial charge in [-0.05, 0) is 32.9 Å². The van der Waals surface area contributed by atoms with Crippen LogP contribution in [0.5, 0.6) is 0 Å². The Hall–Kier alpha value is -1.59. The van der Waals surface area contributed by atoms with Gasteiger partial charge < -0.3 is 68.2 Å². The summed E-state index contributed by atoms with van der Waals surface area (Å²) in [7, 11) is 1.62. The van der Waals surface area contributed by atoms with Crippen LogP contribution in [0.4, 0.5) is 0 Å². The van der Waals surface area contributed by atoms with Crippen molar-refractivity contribution < 1.29 is 34.6 Å². The zero-order valence-electron chi connectivity index (χ0n) is 20.9. The molecule has 1 aliphatic carbocycles. The molecule has 14 nitrogen and oxygen atoms in total. The van der Waals surface area contributed by atoms with E-state index >= 15 is 0 Å². The molecule has 0 aromatic carbocycles. The standard InChI is InChI=1S/C22H43N7O7/c1-22(33)9-34-20(16(32)19(22)27-2)36-17-12(24)7-11(23)14(15(17)31)18-13(29-21(25)26)4-3-10(35-18)8-28-5-6-30/h3,11-20,27-28,30-33H,4-9,23-24H2,1-2H3,(H4,25,26,29)/t11-,12+,13+,14+,15-,16+,17-,18?,19+,20+,22-/m0/s1. The summed E-state index contributed by atoms with van der Waals surface area (Å²) in [6.45, 7) is 2.21. The van der Waals surface area contributed by atoms with Crippen molar-refractivity contribution in [1.82, 2.24) is 10.6 Å². The lowest BCUT2D eigenvalue weighted by atomic mass is 9.73. The van der Waals surface area contributed by atoms with Gasteiger partial charge in [-0.1, -0.05) is 0 Å². The SMILES string of the molecule is CN[C@@H]1[C@@H](O)[C@@H](O[C@@H]2[C@@H](O)[C@H](C3OC(CNCCO)=CC[C@H]3N=C(N)N)[C@@H](N)C[C@H]2N)OC[C@]1(C)O. The van der Waals surface area contributed by atoms with Crippen LogP contribution in [0, 0.1) is 5.92 Å². The maximum Gasteiger partial charge on any atom is 0.186 e. The first kappa shape index (κ1) is 29.0. The van der Waals surface area contributed by atoms with Crippen LogP contribution in [-0.2, 0) is 14.2 Å². The fourth-order valence-electron chi connectivity index (χ4n) is 5.42. The van der Waals surface area contributed by atoms with E-state index in [1.807, 2.05) is 6.08 Å². The molecule has 0 aromatic rings. The van der Waals surface area contributed by atoms with Crippen molar-refractivity contribution in [3.8, 4) is 0 Å². The molecular formula is C22H43N7O7. The van der Waals surface area contributed by atoms with Crippen LogP contribution in [0.25, 0.3) is 0 Å². The third-order valence-corrected chi connectivity index (χ3v) is 7.16. The van der Waals surface area contributed by atoms with Gasteiger partial charge in [0.1, 0.15) is 29.7 Å². The molecule has 0 radical (unpaired) electrons. The van der Waals surface area contributed by atoms with Crippen LogP contribution in [0.2, 0.25) is 0 Å². The second-order valence-electron chi connectivity index (χ2n) is 10.0. The summed E-state index contributed by atoms with van der Waals surface area (Å²) in [6.07, 6.45) is -2.57. The molecular weight excluding hydrogens is 474 g/mol. The predicted molar refractivity (Wildman–Crippen MR) is 131 cm³/mol. The Morgan fingerprint density at radius 1 is 1.25 bits per heavy atom. The van der Waals surface area contributed by atoms with E-state index in [4.69, 9.17) is 42.3 Å². The molecule has 36 heavy (non-hydrogen) atoms. The Morgan fingerprint density at radius 2 is 1.97 bits per heavy atom.